The van der Waals surface area contributed by atoms with Crippen LogP contribution in [0.5, 0.6) is 0 Å². The number of carbonyl (C=O) groups excluding carboxylic acids is 3. The zero-order valence-corrected chi connectivity index (χ0v) is 34.2. The Bertz CT molecular complexity index is 2050. The van der Waals surface area contributed by atoms with Gasteiger partial charge >= 0.3 is 18.2 Å². The van der Waals surface area contributed by atoms with Crippen molar-refractivity contribution >= 4 is 35.5 Å². The molecule has 0 aliphatic heterocycles. The number of carboxylic acids is 1. The summed E-state index contributed by atoms with van der Waals surface area (Å²) in [7, 11) is 0. The van der Waals surface area contributed by atoms with Gasteiger partial charge in [0.25, 0.3) is 5.91 Å². The van der Waals surface area contributed by atoms with Crippen molar-refractivity contribution in [1.82, 2.24) is 41.5 Å². The molecular formula is C42H52F3N9O7. The number of H-pyrrole nitrogens is 1. The Kier molecular flexibility index (Phi) is 17.7. The second kappa shape index (κ2) is 22.8. The van der Waals surface area contributed by atoms with Gasteiger partial charge in [0, 0.05) is 42.2 Å². The van der Waals surface area contributed by atoms with Gasteiger partial charge in [-0.05, 0) is 128 Å². The third-order valence-corrected chi connectivity index (χ3v) is 10.4. The molecule has 0 bridgehead atoms. The van der Waals surface area contributed by atoms with Crippen molar-refractivity contribution in [3.8, 4) is 22.5 Å². The lowest BCUT2D eigenvalue weighted by Crippen LogP contribution is -2.48. The molecule has 1 heterocycles. The van der Waals surface area contributed by atoms with Crippen molar-refractivity contribution in [3.05, 3.63) is 83.4 Å². The Morgan fingerprint density at radius 1 is 0.885 bits per heavy atom. The van der Waals surface area contributed by atoms with Crippen molar-refractivity contribution in [2.45, 2.75) is 71.5 Å². The van der Waals surface area contributed by atoms with Crippen molar-refractivity contribution in [3.63, 3.8) is 0 Å². The van der Waals surface area contributed by atoms with Crippen molar-refractivity contribution in [2.75, 3.05) is 38.0 Å². The predicted molar refractivity (Wildman–Crippen MR) is 220 cm³/mol. The molecule has 1 aromatic heterocycles. The molecule has 328 valence electrons. The lowest BCUT2D eigenvalue weighted by molar-refractivity contribution is -0.192. The van der Waals surface area contributed by atoms with Crippen LogP contribution in [0.15, 0.2) is 66.7 Å². The summed E-state index contributed by atoms with van der Waals surface area (Å²) in [4.78, 5) is 62.5. The molecule has 4 aromatic rings. The summed E-state index contributed by atoms with van der Waals surface area (Å²) < 4.78 is 31.7. The number of hydrogen-bond donors (Lipinski definition) is 7. The van der Waals surface area contributed by atoms with Crippen LogP contribution in [0.4, 0.5) is 23.7 Å². The van der Waals surface area contributed by atoms with E-state index in [4.69, 9.17) is 15.0 Å². The molecule has 0 unspecified atom stereocenters. The number of nitrogens with zero attached hydrogens (tertiary/aromatic N) is 4. The van der Waals surface area contributed by atoms with E-state index in [1.807, 2.05) is 49.4 Å². The summed E-state index contributed by atoms with van der Waals surface area (Å²) in [6.45, 7) is 10.2. The normalized spacial score (nSPS) is 15.5. The van der Waals surface area contributed by atoms with Gasteiger partial charge in [0.05, 0.1) is 0 Å². The van der Waals surface area contributed by atoms with Crippen LogP contribution < -0.4 is 21.3 Å². The molecule has 1 aliphatic carbocycles. The molecule has 1 atom stereocenters. The minimum absolute atomic E-state index is 0.105. The van der Waals surface area contributed by atoms with E-state index in [-0.39, 0.29) is 36.0 Å². The molecule has 0 spiro atoms. The lowest BCUT2D eigenvalue weighted by atomic mass is 9.81. The van der Waals surface area contributed by atoms with E-state index in [9.17, 15) is 32.3 Å². The molecule has 1 aliphatic rings. The Morgan fingerprint density at radius 2 is 1.52 bits per heavy atom. The van der Waals surface area contributed by atoms with Gasteiger partial charge < -0.3 is 36.4 Å². The fourth-order valence-corrected chi connectivity index (χ4v) is 6.85. The number of aliphatic carboxylic acids is 1. The first-order valence-electron chi connectivity index (χ1n) is 20.0. The van der Waals surface area contributed by atoms with Gasteiger partial charge in [0.1, 0.15) is 6.04 Å². The zero-order valence-electron chi connectivity index (χ0n) is 34.2. The number of benzene rings is 3. The number of rotatable bonds is 17. The second-order valence-corrected chi connectivity index (χ2v) is 14.6. The molecule has 61 heavy (non-hydrogen) atoms. The minimum Gasteiger partial charge on any atom is -0.475 e. The van der Waals surface area contributed by atoms with E-state index in [1.54, 1.807) is 24.3 Å². The van der Waals surface area contributed by atoms with Gasteiger partial charge in [0.2, 0.25) is 17.6 Å². The molecule has 4 amide bonds. The highest BCUT2D eigenvalue weighted by Gasteiger charge is 2.38. The maximum absolute atomic E-state index is 13.8. The Hall–Kier alpha value is -6.37. The third kappa shape index (κ3) is 15.0. The number of nitrogens with one attached hydrogen (secondary N) is 5. The van der Waals surface area contributed by atoms with Gasteiger partial charge in [-0.15, -0.1) is 10.2 Å². The smallest absolute Gasteiger partial charge is 0.475 e. The summed E-state index contributed by atoms with van der Waals surface area (Å²) in [6.07, 6.45) is -2.31. The van der Waals surface area contributed by atoms with Gasteiger partial charge in [-0.25, -0.2) is 9.59 Å². The molecule has 7 N–H and O–H groups in total. The molecule has 19 heteroatoms. The number of aromatic nitrogens is 4. The minimum atomic E-state index is -5.08. The number of anilines is 1. The fraction of sp³-hybridized carbons (Fsp3) is 0.429. The molecule has 1 fully saturated rings. The highest BCUT2D eigenvalue weighted by molar-refractivity contribution is 5.98. The van der Waals surface area contributed by atoms with E-state index in [0.29, 0.717) is 43.0 Å². The van der Waals surface area contributed by atoms with Crippen LogP contribution in [0.2, 0.25) is 0 Å². The summed E-state index contributed by atoms with van der Waals surface area (Å²) in [5.74, 6) is -3.07. The zero-order chi connectivity index (χ0) is 44.5. The molecule has 1 saturated carbocycles. The number of carbonyl (C=O) groups is 5. The van der Waals surface area contributed by atoms with Gasteiger partial charge in [0.15, 0.2) is 0 Å². The van der Waals surface area contributed by atoms with Crippen molar-refractivity contribution in [2.24, 2.45) is 11.8 Å². The monoisotopic (exact) mass is 851 g/mol. The van der Waals surface area contributed by atoms with Crippen LogP contribution in [-0.2, 0) is 20.8 Å². The number of halogens is 3. The standard InChI is InChI=1S/C40H51N9O5.C2HF3O2/c1-4-49(5-2)22-6-21-41-37(50)32-12-7-26(3)34(24-32)29-13-8-27(9-14-29)23-35(44-38(51)31-15-10-28(11-16-31)25-42-40(53)54)39(52)43-33-19-17-30(18-20-33)36-45-47-48-46-36;3-2(4,5)1(6)7/h7-9,12-14,17-20,24,28,31,35,42H,4-6,10-11,15-16,21-23,25H2,1-3H3,(H,41,50)(H,43,52)(H,44,51)(H,53,54)(H,45,46,47,48);(H,6,7)/t28-,31-,35-;/m0./s1. The van der Waals surface area contributed by atoms with E-state index >= 15 is 0 Å². The molecule has 0 saturated heterocycles. The number of carboxylic acid groups (broad SMARTS) is 2. The molecule has 16 nitrogen and oxygen atoms in total. The van der Waals surface area contributed by atoms with Gasteiger partial charge in [-0.1, -0.05) is 44.2 Å². The Morgan fingerprint density at radius 3 is 2.10 bits per heavy atom. The Labute approximate surface area is 351 Å². The van der Waals surface area contributed by atoms with E-state index < -0.39 is 24.3 Å². The average molecular weight is 852 g/mol. The highest BCUT2D eigenvalue weighted by Crippen LogP contribution is 2.29. The van der Waals surface area contributed by atoms with Crippen molar-refractivity contribution < 1.29 is 47.4 Å². The third-order valence-electron chi connectivity index (χ3n) is 10.4. The maximum atomic E-state index is 13.8. The number of amides is 4. The SMILES string of the molecule is CCN(CC)CCCNC(=O)c1ccc(C)c(-c2ccc(C[C@H](NC(=O)[C@H]3CC[C@H](CNC(=O)O)CC3)C(=O)Nc3ccc(-c4nn[nH]n4)cc3)cc2)c1.O=C(O)C(F)(F)F. The first-order chi connectivity index (χ1) is 29.1. The molecular weight excluding hydrogens is 800 g/mol. The molecule has 3 aromatic carbocycles. The number of hydrogen-bond acceptors (Lipinski definition) is 9. The van der Waals surface area contributed by atoms with E-state index in [2.05, 4.69) is 60.6 Å². The van der Waals surface area contributed by atoms with Crippen molar-refractivity contribution in [1.29, 1.82) is 0 Å². The van der Waals surface area contributed by atoms with Crippen LogP contribution >= 0.6 is 0 Å². The molecule has 5 rings (SSSR count). The highest BCUT2D eigenvalue weighted by atomic mass is 19.4. The second-order valence-electron chi connectivity index (χ2n) is 14.6. The first kappa shape index (κ1) is 47.3. The van der Waals surface area contributed by atoms with Gasteiger partial charge in [-0.2, -0.15) is 18.4 Å². The van der Waals surface area contributed by atoms with Crippen LogP contribution in [0.3, 0.4) is 0 Å². The quantitative estimate of drug-likeness (QED) is 0.0639. The van der Waals surface area contributed by atoms with Crippen LogP contribution in [0, 0.1) is 18.8 Å². The van der Waals surface area contributed by atoms with Crippen LogP contribution in [0.25, 0.3) is 22.5 Å². The number of alkyl halides is 3. The summed E-state index contributed by atoms with van der Waals surface area (Å²) in [6, 6.07) is 19.7. The summed E-state index contributed by atoms with van der Waals surface area (Å²) in [5.41, 5.74) is 5.65. The maximum Gasteiger partial charge on any atom is 0.490 e. The van der Waals surface area contributed by atoms with E-state index in [0.717, 1.165) is 66.7 Å². The average Bonchev–Trinajstić information content (AvgIpc) is 3.79. The lowest BCUT2D eigenvalue weighted by Gasteiger charge is -2.29. The molecule has 0 radical (unpaired) electrons. The largest absolute Gasteiger partial charge is 0.490 e. The van der Waals surface area contributed by atoms with Crippen LogP contribution in [0.1, 0.15) is 67.4 Å². The predicted octanol–water partition coefficient (Wildman–Crippen LogP) is 5.68. The number of aromatic amines is 1. The topological polar surface area (TPSA) is 232 Å². The summed E-state index contributed by atoms with van der Waals surface area (Å²) >= 11 is 0. The fourth-order valence-electron chi connectivity index (χ4n) is 6.85. The Balaban J connectivity index is 0.00000107. The first-order valence-corrected chi connectivity index (χ1v) is 20.0. The van der Waals surface area contributed by atoms with Gasteiger partial charge in [-0.3, -0.25) is 14.4 Å². The van der Waals surface area contributed by atoms with E-state index in [1.165, 1.54) is 0 Å². The van der Waals surface area contributed by atoms with Crippen LogP contribution in [-0.4, -0.2) is 110 Å². The number of aryl methyl sites for hydroxylation is 1. The summed E-state index contributed by atoms with van der Waals surface area (Å²) in [5, 5.41) is 41.5. The number of tetrazole rings is 1.